The second-order valence-corrected chi connectivity index (χ2v) is 11.2. The van der Waals surface area contributed by atoms with Crippen LogP contribution in [0.4, 0.5) is 10.2 Å². The average molecular weight is 573 g/mol. The molecule has 0 spiro atoms. The van der Waals surface area contributed by atoms with Gasteiger partial charge < -0.3 is 19.1 Å². The number of aromatic nitrogens is 6. The van der Waals surface area contributed by atoms with Crippen molar-refractivity contribution in [1.29, 1.82) is 0 Å². The SMILES string of the molecule is C=Cc1ncc2n1CCN(c1nc(OCC3CCCN3C)nc3c(F)c(-c4c(C)ccc5[nH]ncc45)c(Cl)cc13)C2. The topological polar surface area (TPSA) is 88.0 Å². The number of imidazole rings is 1. The molecule has 41 heavy (non-hydrogen) atoms. The maximum Gasteiger partial charge on any atom is 0.319 e. The van der Waals surface area contributed by atoms with Crippen molar-refractivity contribution >= 4 is 45.3 Å². The first kappa shape index (κ1) is 25.9. The van der Waals surface area contributed by atoms with E-state index >= 15 is 4.39 Å². The van der Waals surface area contributed by atoms with Crippen LogP contribution in [-0.4, -0.2) is 67.4 Å². The normalized spacial score (nSPS) is 17.5. The molecule has 0 bridgehead atoms. The third kappa shape index (κ3) is 4.33. The van der Waals surface area contributed by atoms with Crippen LogP contribution in [0.5, 0.6) is 6.01 Å². The minimum atomic E-state index is -0.508. The first-order valence-electron chi connectivity index (χ1n) is 13.8. The molecule has 1 saturated heterocycles. The van der Waals surface area contributed by atoms with Crippen molar-refractivity contribution in [2.45, 2.75) is 38.9 Å². The van der Waals surface area contributed by atoms with Gasteiger partial charge >= 0.3 is 6.01 Å². The molecule has 0 aliphatic carbocycles. The zero-order valence-electron chi connectivity index (χ0n) is 23.0. The summed E-state index contributed by atoms with van der Waals surface area (Å²) in [7, 11) is 2.09. The van der Waals surface area contributed by atoms with Gasteiger partial charge in [0.25, 0.3) is 0 Å². The molecule has 3 aromatic heterocycles. The molecule has 2 aliphatic heterocycles. The number of halogens is 2. The van der Waals surface area contributed by atoms with Crippen LogP contribution in [0.15, 0.2) is 37.2 Å². The second-order valence-electron chi connectivity index (χ2n) is 10.8. The molecule has 210 valence electrons. The van der Waals surface area contributed by atoms with Gasteiger partial charge in [-0.05, 0) is 57.1 Å². The fourth-order valence-electron chi connectivity index (χ4n) is 6.16. The van der Waals surface area contributed by atoms with Crippen LogP contribution in [-0.2, 0) is 13.1 Å². The van der Waals surface area contributed by atoms with Gasteiger partial charge in [-0.2, -0.15) is 15.1 Å². The number of aryl methyl sites for hydroxylation is 1. The molecule has 0 amide bonds. The molecular weight excluding hydrogens is 543 g/mol. The predicted molar refractivity (Wildman–Crippen MR) is 159 cm³/mol. The van der Waals surface area contributed by atoms with Crippen molar-refractivity contribution in [2.75, 3.05) is 31.6 Å². The summed E-state index contributed by atoms with van der Waals surface area (Å²) >= 11 is 6.89. The third-order valence-electron chi connectivity index (χ3n) is 8.40. The minimum absolute atomic E-state index is 0.157. The van der Waals surface area contributed by atoms with Crippen LogP contribution in [0, 0.1) is 12.7 Å². The number of benzene rings is 2. The van der Waals surface area contributed by atoms with E-state index in [2.05, 4.69) is 48.2 Å². The van der Waals surface area contributed by atoms with Gasteiger partial charge in [0.1, 0.15) is 23.8 Å². The number of fused-ring (bicyclic) bond motifs is 3. The van der Waals surface area contributed by atoms with E-state index in [9.17, 15) is 0 Å². The lowest BCUT2D eigenvalue weighted by atomic mass is 9.95. The summed E-state index contributed by atoms with van der Waals surface area (Å²) in [6, 6.07) is 6.07. The summed E-state index contributed by atoms with van der Waals surface area (Å²) in [4.78, 5) is 18.3. The fraction of sp³-hybridized carbons (Fsp3) is 0.333. The Labute approximate surface area is 241 Å². The Kier molecular flexibility index (Phi) is 6.39. The molecule has 1 fully saturated rings. The Morgan fingerprint density at radius 3 is 2.85 bits per heavy atom. The van der Waals surface area contributed by atoms with E-state index in [1.807, 2.05) is 25.3 Å². The highest BCUT2D eigenvalue weighted by Crippen LogP contribution is 2.42. The van der Waals surface area contributed by atoms with E-state index < -0.39 is 5.82 Å². The first-order valence-corrected chi connectivity index (χ1v) is 14.2. The van der Waals surface area contributed by atoms with Crippen molar-refractivity contribution < 1.29 is 9.13 Å². The molecule has 9 nitrogen and oxygen atoms in total. The monoisotopic (exact) mass is 572 g/mol. The summed E-state index contributed by atoms with van der Waals surface area (Å²) in [6.45, 7) is 9.17. The number of aromatic amines is 1. The Balaban J connectivity index is 1.38. The van der Waals surface area contributed by atoms with Crippen LogP contribution in [0.1, 0.15) is 29.9 Å². The maximum absolute atomic E-state index is 16.7. The van der Waals surface area contributed by atoms with Crippen LogP contribution in [0.3, 0.4) is 0 Å². The predicted octanol–water partition coefficient (Wildman–Crippen LogP) is 5.61. The standard InChI is InChI=1S/C30H30ClFN8O/c1-4-24-33-13-19-15-39(10-11-40(19)24)29-20-12-22(31)26(25-17(2)7-8-23-21(25)14-34-37-23)27(32)28(20)35-30(36-29)41-16-18-6-5-9-38(18)3/h4,7-8,12-14,18H,1,5-6,9-11,15-16H2,2-3H3,(H,34,37). The Hall–Kier alpha value is -4.02. The molecule has 5 aromatic rings. The zero-order chi connectivity index (χ0) is 28.2. The van der Waals surface area contributed by atoms with Crippen molar-refractivity contribution in [2.24, 2.45) is 0 Å². The molecule has 1 atom stereocenters. The number of ether oxygens (including phenoxy) is 1. The number of anilines is 1. The van der Waals surface area contributed by atoms with E-state index in [-0.39, 0.29) is 22.6 Å². The van der Waals surface area contributed by atoms with E-state index in [4.69, 9.17) is 21.3 Å². The van der Waals surface area contributed by atoms with E-state index in [1.165, 1.54) is 0 Å². The summed E-state index contributed by atoms with van der Waals surface area (Å²) in [5.41, 5.74) is 3.87. The molecule has 1 unspecified atom stereocenters. The molecule has 2 aliphatic rings. The number of nitrogens with zero attached hydrogens (tertiary/aromatic N) is 7. The first-order chi connectivity index (χ1) is 19.9. The van der Waals surface area contributed by atoms with Gasteiger partial charge in [-0.15, -0.1) is 0 Å². The lowest BCUT2D eigenvalue weighted by Crippen LogP contribution is -2.35. The number of likely N-dealkylation sites (N-methyl/N-ethyl adjacent to an activating group) is 1. The minimum Gasteiger partial charge on any atom is -0.462 e. The highest BCUT2D eigenvalue weighted by atomic mass is 35.5. The Morgan fingerprint density at radius 2 is 2.05 bits per heavy atom. The van der Waals surface area contributed by atoms with Gasteiger partial charge in [0.2, 0.25) is 0 Å². The van der Waals surface area contributed by atoms with Crippen LogP contribution < -0.4 is 9.64 Å². The molecule has 11 heteroatoms. The van der Waals surface area contributed by atoms with Gasteiger partial charge in [0.15, 0.2) is 5.82 Å². The van der Waals surface area contributed by atoms with Crippen LogP contribution in [0.2, 0.25) is 5.02 Å². The Bertz CT molecular complexity index is 1810. The average Bonchev–Trinajstić information content (AvgIpc) is 3.72. The molecule has 7 rings (SSSR count). The Morgan fingerprint density at radius 1 is 1.17 bits per heavy atom. The maximum atomic E-state index is 16.7. The van der Waals surface area contributed by atoms with Gasteiger partial charge in [0.05, 0.1) is 35.2 Å². The highest BCUT2D eigenvalue weighted by molar-refractivity contribution is 6.35. The molecule has 0 radical (unpaired) electrons. The zero-order valence-corrected chi connectivity index (χ0v) is 23.7. The van der Waals surface area contributed by atoms with E-state index in [0.717, 1.165) is 47.4 Å². The quantitative estimate of drug-likeness (QED) is 0.283. The number of likely N-dealkylation sites (tertiary alicyclic amines) is 1. The summed E-state index contributed by atoms with van der Waals surface area (Å²) < 4.78 is 25.0. The number of nitrogens with one attached hydrogen (secondary N) is 1. The molecule has 5 heterocycles. The van der Waals surface area contributed by atoms with Gasteiger partial charge in [-0.3, -0.25) is 5.10 Å². The third-order valence-corrected chi connectivity index (χ3v) is 8.70. The van der Waals surface area contributed by atoms with Crippen LogP contribution in [0.25, 0.3) is 39.0 Å². The lowest BCUT2D eigenvalue weighted by molar-refractivity contribution is 0.188. The number of H-pyrrole nitrogens is 1. The largest absolute Gasteiger partial charge is 0.462 e. The van der Waals surface area contributed by atoms with Crippen LogP contribution >= 0.6 is 11.6 Å². The summed E-state index contributed by atoms with van der Waals surface area (Å²) in [6.07, 6.45) is 7.47. The fourth-order valence-corrected chi connectivity index (χ4v) is 6.45. The molecule has 0 saturated carbocycles. The second kappa shape index (κ2) is 10.1. The molecule has 1 N–H and O–H groups in total. The molecular formula is C30H30ClFN8O. The number of rotatable bonds is 6. The van der Waals surface area contributed by atoms with Crippen molar-refractivity contribution in [3.8, 4) is 17.1 Å². The van der Waals surface area contributed by atoms with Crippen molar-refractivity contribution in [1.82, 2.24) is 34.6 Å². The lowest BCUT2D eigenvalue weighted by Gasteiger charge is -2.31. The van der Waals surface area contributed by atoms with Gasteiger partial charge in [0, 0.05) is 41.0 Å². The number of hydrogen-bond acceptors (Lipinski definition) is 7. The van der Waals surface area contributed by atoms with Crippen molar-refractivity contribution in [3.63, 3.8) is 0 Å². The van der Waals surface area contributed by atoms with Gasteiger partial charge in [-0.25, -0.2) is 9.37 Å². The summed E-state index contributed by atoms with van der Waals surface area (Å²) in [5, 5.41) is 8.76. The van der Waals surface area contributed by atoms with Gasteiger partial charge in [-0.1, -0.05) is 24.2 Å². The number of hydrogen-bond donors (Lipinski definition) is 1. The smallest absolute Gasteiger partial charge is 0.319 e. The summed E-state index contributed by atoms with van der Waals surface area (Å²) in [5.74, 6) is 0.911. The van der Waals surface area contributed by atoms with E-state index in [1.54, 1.807) is 18.3 Å². The molecule has 2 aromatic carbocycles. The van der Waals surface area contributed by atoms with Crippen molar-refractivity contribution in [3.05, 3.63) is 65.1 Å². The highest BCUT2D eigenvalue weighted by Gasteiger charge is 2.28. The van der Waals surface area contributed by atoms with E-state index in [0.29, 0.717) is 48.6 Å².